The van der Waals surface area contributed by atoms with Gasteiger partial charge in [0.25, 0.3) is 6.43 Å². The summed E-state index contributed by atoms with van der Waals surface area (Å²) in [4.78, 5) is 4.51. The molecule has 0 saturated carbocycles. The van der Waals surface area contributed by atoms with Crippen LogP contribution >= 0.6 is 0 Å². The summed E-state index contributed by atoms with van der Waals surface area (Å²) in [5.41, 5.74) is 1.73. The van der Waals surface area contributed by atoms with Gasteiger partial charge < -0.3 is 15.4 Å². The van der Waals surface area contributed by atoms with Crippen molar-refractivity contribution in [1.29, 1.82) is 0 Å². The molecule has 2 N–H and O–H groups in total. The van der Waals surface area contributed by atoms with Crippen LogP contribution in [0.25, 0.3) is 11.3 Å². The van der Waals surface area contributed by atoms with Crippen LogP contribution < -0.4 is 15.4 Å². The summed E-state index contributed by atoms with van der Waals surface area (Å²) in [6.07, 6.45) is 0.506. The first-order valence-corrected chi connectivity index (χ1v) is 8.69. The number of nitrogens with one attached hydrogen (secondary N) is 2. The van der Waals surface area contributed by atoms with Gasteiger partial charge in [-0.1, -0.05) is 6.58 Å². The molecule has 0 aliphatic carbocycles. The molecule has 2 bridgehead atoms. The van der Waals surface area contributed by atoms with Crippen molar-refractivity contribution in [2.24, 2.45) is 0 Å². The van der Waals surface area contributed by atoms with Crippen molar-refractivity contribution < 1.29 is 17.9 Å². The highest BCUT2D eigenvalue weighted by Gasteiger charge is 2.25. The lowest BCUT2D eigenvalue weighted by atomic mass is 10.1. The molecule has 0 spiro atoms. The largest absolute Gasteiger partial charge is 0.491 e. The minimum atomic E-state index is -2.70. The molecule has 0 fully saturated rings. The third kappa shape index (κ3) is 3.35. The van der Waals surface area contributed by atoms with Crippen molar-refractivity contribution in [3.63, 3.8) is 0 Å². The Hall–Kier alpha value is -3.23. The van der Waals surface area contributed by atoms with Gasteiger partial charge in [0.2, 0.25) is 0 Å². The summed E-state index contributed by atoms with van der Waals surface area (Å²) in [6.45, 7) is 5.35. The van der Waals surface area contributed by atoms with Gasteiger partial charge in [0, 0.05) is 17.5 Å². The lowest BCUT2D eigenvalue weighted by molar-refractivity contribution is 0.0791. The van der Waals surface area contributed by atoms with Crippen LogP contribution in [0.4, 0.5) is 19.0 Å². The number of fused-ring (bicyclic) bond motifs is 2. The standard InChI is InChI=1S/C19H18F3N5O/c1-10-13-7-12(20)3-4-16(13)28-9-15(18(21)22)24-11(2)14-8-23-27-6-5-17(25-10)26-19(14)27/h3-8,10,15,18,24H,2,9H2,1H3,(H,25,26)/t10-,15-/m1/s1. The number of anilines is 1. The third-order valence-corrected chi connectivity index (χ3v) is 4.58. The molecule has 2 aromatic heterocycles. The van der Waals surface area contributed by atoms with E-state index in [1.54, 1.807) is 12.3 Å². The Labute approximate surface area is 159 Å². The van der Waals surface area contributed by atoms with E-state index in [1.807, 2.05) is 6.92 Å². The zero-order valence-electron chi connectivity index (χ0n) is 15.0. The Morgan fingerprint density at radius 1 is 1.29 bits per heavy atom. The Bertz CT molecular complexity index is 1040. The zero-order valence-corrected chi connectivity index (χ0v) is 15.0. The molecule has 9 heteroatoms. The molecular formula is C19H18F3N5O. The molecule has 0 unspecified atom stereocenters. The van der Waals surface area contributed by atoms with Crippen LogP contribution in [0.5, 0.6) is 5.75 Å². The average Bonchev–Trinajstić information content (AvgIpc) is 3.08. The summed E-state index contributed by atoms with van der Waals surface area (Å²) in [6, 6.07) is 4.01. The van der Waals surface area contributed by atoms with Crippen molar-refractivity contribution in [3.8, 4) is 5.75 Å². The lowest BCUT2D eigenvalue weighted by Gasteiger charge is -2.22. The maximum Gasteiger partial charge on any atom is 0.261 e. The number of ether oxygens (including phenoxy) is 1. The van der Waals surface area contributed by atoms with Gasteiger partial charge in [-0.25, -0.2) is 22.7 Å². The molecule has 1 aliphatic heterocycles. The van der Waals surface area contributed by atoms with Crippen LogP contribution in [0.3, 0.4) is 0 Å². The minimum Gasteiger partial charge on any atom is -0.491 e. The quantitative estimate of drug-likeness (QED) is 0.666. The first-order chi connectivity index (χ1) is 13.4. The Morgan fingerprint density at radius 3 is 2.89 bits per heavy atom. The van der Waals surface area contributed by atoms with E-state index in [1.165, 1.54) is 28.9 Å². The van der Waals surface area contributed by atoms with Gasteiger partial charge in [0.05, 0.1) is 17.8 Å². The molecule has 2 atom stereocenters. The second kappa shape index (κ2) is 7.06. The maximum absolute atomic E-state index is 13.8. The number of nitrogens with zero attached hydrogens (tertiary/aromatic N) is 3. The molecule has 0 saturated heterocycles. The number of benzene rings is 1. The molecule has 1 aliphatic rings. The summed E-state index contributed by atoms with van der Waals surface area (Å²) < 4.78 is 48.1. The van der Waals surface area contributed by atoms with E-state index in [2.05, 4.69) is 27.3 Å². The summed E-state index contributed by atoms with van der Waals surface area (Å²) in [5, 5.41) is 10.1. The Kier molecular flexibility index (Phi) is 4.58. The van der Waals surface area contributed by atoms with E-state index >= 15 is 0 Å². The van der Waals surface area contributed by atoms with Crippen LogP contribution in [-0.4, -0.2) is 33.7 Å². The lowest BCUT2D eigenvalue weighted by Crippen LogP contribution is -2.39. The van der Waals surface area contributed by atoms with Crippen molar-refractivity contribution in [1.82, 2.24) is 19.9 Å². The molecule has 1 aromatic carbocycles. The van der Waals surface area contributed by atoms with Crippen LogP contribution in [-0.2, 0) is 0 Å². The number of alkyl halides is 2. The van der Waals surface area contributed by atoms with Gasteiger partial charge in [-0.05, 0) is 31.2 Å². The SMILES string of the molecule is C=C1N[C@@H](C(F)F)COc2ccc(F)cc2[C@@H](C)Nc2ccn3ncc1c3n2. The number of aromatic nitrogens is 3. The number of hydrogen-bond donors (Lipinski definition) is 2. The molecule has 28 heavy (non-hydrogen) atoms. The number of halogens is 3. The summed E-state index contributed by atoms with van der Waals surface area (Å²) in [5.74, 6) is 0.399. The molecule has 0 radical (unpaired) electrons. The normalized spacial score (nSPS) is 19.8. The van der Waals surface area contributed by atoms with Gasteiger partial charge in [-0.15, -0.1) is 0 Å². The highest BCUT2D eigenvalue weighted by Crippen LogP contribution is 2.30. The van der Waals surface area contributed by atoms with Crippen LogP contribution in [0.1, 0.15) is 24.1 Å². The second-order valence-electron chi connectivity index (χ2n) is 6.56. The van der Waals surface area contributed by atoms with E-state index in [0.717, 1.165) is 0 Å². The smallest absolute Gasteiger partial charge is 0.261 e. The first-order valence-electron chi connectivity index (χ1n) is 8.69. The van der Waals surface area contributed by atoms with E-state index in [0.29, 0.717) is 28.3 Å². The van der Waals surface area contributed by atoms with Gasteiger partial charge in [0.1, 0.15) is 30.0 Å². The van der Waals surface area contributed by atoms with Crippen molar-refractivity contribution >= 4 is 17.2 Å². The van der Waals surface area contributed by atoms with E-state index < -0.39 is 18.3 Å². The predicted octanol–water partition coefficient (Wildman–Crippen LogP) is 3.63. The highest BCUT2D eigenvalue weighted by molar-refractivity contribution is 5.74. The molecule has 0 amide bonds. The molecule has 4 rings (SSSR count). The molecule has 6 nitrogen and oxygen atoms in total. The zero-order chi connectivity index (χ0) is 19.8. The van der Waals surface area contributed by atoms with Crippen LogP contribution in [0.2, 0.25) is 0 Å². The second-order valence-corrected chi connectivity index (χ2v) is 6.56. The molecule has 146 valence electrons. The number of hydrogen-bond acceptors (Lipinski definition) is 5. The Balaban J connectivity index is 1.83. The van der Waals surface area contributed by atoms with E-state index in [-0.39, 0.29) is 18.3 Å². The summed E-state index contributed by atoms with van der Waals surface area (Å²) in [7, 11) is 0. The van der Waals surface area contributed by atoms with Gasteiger partial charge in [-0.2, -0.15) is 5.10 Å². The maximum atomic E-state index is 13.8. The highest BCUT2D eigenvalue weighted by atomic mass is 19.3. The predicted molar refractivity (Wildman–Crippen MR) is 98.9 cm³/mol. The van der Waals surface area contributed by atoms with Crippen molar-refractivity contribution in [2.75, 3.05) is 11.9 Å². The molecular weight excluding hydrogens is 371 g/mol. The minimum absolute atomic E-state index is 0.264. The topological polar surface area (TPSA) is 63.5 Å². The fourth-order valence-electron chi connectivity index (χ4n) is 3.11. The average molecular weight is 389 g/mol. The Morgan fingerprint density at radius 2 is 2.11 bits per heavy atom. The fraction of sp³-hybridized carbons (Fsp3) is 0.263. The van der Waals surface area contributed by atoms with Crippen molar-refractivity contribution in [3.05, 3.63) is 60.2 Å². The van der Waals surface area contributed by atoms with Gasteiger partial charge >= 0.3 is 0 Å². The number of rotatable bonds is 1. The fourth-order valence-corrected chi connectivity index (χ4v) is 3.11. The van der Waals surface area contributed by atoms with Gasteiger partial charge in [-0.3, -0.25) is 0 Å². The van der Waals surface area contributed by atoms with Crippen molar-refractivity contribution in [2.45, 2.75) is 25.4 Å². The van der Waals surface area contributed by atoms with Gasteiger partial charge in [0.15, 0.2) is 5.65 Å². The van der Waals surface area contributed by atoms with E-state index in [4.69, 9.17) is 4.74 Å². The van der Waals surface area contributed by atoms with E-state index in [9.17, 15) is 13.2 Å². The first kappa shape index (κ1) is 18.1. The monoisotopic (exact) mass is 389 g/mol. The van der Waals surface area contributed by atoms with Crippen LogP contribution in [0.15, 0.2) is 43.2 Å². The summed E-state index contributed by atoms with van der Waals surface area (Å²) >= 11 is 0. The molecule has 3 aromatic rings. The third-order valence-electron chi connectivity index (χ3n) is 4.58. The molecule has 3 heterocycles. The van der Waals surface area contributed by atoms with Crippen LogP contribution in [0, 0.1) is 5.82 Å².